The third-order valence-corrected chi connectivity index (χ3v) is 9.23. The largest absolute Gasteiger partial charge is 0.390 e. The Morgan fingerprint density at radius 3 is 1.06 bits per heavy atom. The van der Waals surface area contributed by atoms with E-state index in [2.05, 4.69) is 72.3 Å². The molecule has 0 rings (SSSR count). The molecule has 6 nitrogen and oxygen atoms in total. The summed E-state index contributed by atoms with van der Waals surface area (Å²) in [6.07, 6.45) is 47.4. The van der Waals surface area contributed by atoms with Crippen LogP contribution in [0.4, 0.5) is 0 Å². The Morgan fingerprint density at radius 2 is 0.735 bits per heavy atom. The molecule has 0 fully saturated rings. The number of aliphatic hydroxyl groups is 2. The van der Waals surface area contributed by atoms with Crippen molar-refractivity contribution in [3.8, 4) is 0 Å². The van der Waals surface area contributed by atoms with E-state index in [0.717, 1.165) is 45.4 Å². The van der Waals surface area contributed by atoms with E-state index in [0.29, 0.717) is 13.1 Å². The molecule has 2 unspecified atom stereocenters. The Bertz CT molecular complexity index is 707. The van der Waals surface area contributed by atoms with Crippen LogP contribution >= 0.6 is 0 Å². The standard InChI is InChI=1S/C43H84N4O2/c1-3-5-7-9-11-13-15-17-19-21-23-25-27-29-31-33-35-46(39-42(48)37-44)41-47(40-43(49)38-45)36-34-32-30-28-26-24-22-20-18-16-14-12-10-8-6-4-2/h11-14,17-20,42-43,48-49H,3-10,15-16,21-41,44-45H2,1-2H3/b13-11-,14-12-,19-17+,20-18+. The van der Waals surface area contributed by atoms with Crippen LogP contribution in [-0.2, 0) is 0 Å². The Morgan fingerprint density at radius 1 is 0.429 bits per heavy atom. The van der Waals surface area contributed by atoms with E-state index in [1.165, 1.54) is 128 Å². The van der Waals surface area contributed by atoms with Crippen molar-refractivity contribution in [2.24, 2.45) is 11.5 Å². The quantitative estimate of drug-likeness (QED) is 0.0293. The lowest BCUT2D eigenvalue weighted by molar-refractivity contribution is 0.0459. The smallest absolute Gasteiger partial charge is 0.0789 e. The molecule has 0 aromatic heterocycles. The highest BCUT2D eigenvalue weighted by molar-refractivity contribution is 4.93. The summed E-state index contributed by atoms with van der Waals surface area (Å²) >= 11 is 0. The minimum absolute atomic E-state index is 0.275. The van der Waals surface area contributed by atoms with Crippen molar-refractivity contribution in [1.82, 2.24) is 9.80 Å². The number of rotatable bonds is 38. The Labute approximate surface area is 305 Å². The third kappa shape index (κ3) is 36.3. The minimum Gasteiger partial charge on any atom is -0.390 e. The van der Waals surface area contributed by atoms with Gasteiger partial charge in [0.2, 0.25) is 0 Å². The monoisotopic (exact) mass is 689 g/mol. The fraction of sp³-hybridized carbons (Fsp3) is 0.814. The van der Waals surface area contributed by atoms with E-state index in [1.54, 1.807) is 0 Å². The second kappa shape index (κ2) is 39.5. The molecular formula is C43H84N4O2. The summed E-state index contributed by atoms with van der Waals surface area (Å²) in [5.41, 5.74) is 11.6. The molecule has 6 heteroatoms. The van der Waals surface area contributed by atoms with Crippen LogP contribution in [0.15, 0.2) is 48.6 Å². The van der Waals surface area contributed by atoms with Crippen LogP contribution in [0.2, 0.25) is 0 Å². The first-order valence-corrected chi connectivity index (χ1v) is 20.9. The van der Waals surface area contributed by atoms with E-state index in [4.69, 9.17) is 11.5 Å². The summed E-state index contributed by atoms with van der Waals surface area (Å²) in [6.45, 7) is 8.86. The van der Waals surface area contributed by atoms with Gasteiger partial charge in [-0.15, -0.1) is 0 Å². The molecule has 0 aromatic carbocycles. The highest BCUT2D eigenvalue weighted by Gasteiger charge is 2.17. The van der Waals surface area contributed by atoms with Gasteiger partial charge in [0.15, 0.2) is 0 Å². The molecule has 6 N–H and O–H groups in total. The molecule has 2 atom stereocenters. The molecule has 0 saturated carbocycles. The van der Waals surface area contributed by atoms with E-state index < -0.39 is 12.2 Å². The van der Waals surface area contributed by atoms with Gasteiger partial charge in [-0.25, -0.2) is 0 Å². The first-order chi connectivity index (χ1) is 24.1. The molecule has 0 saturated heterocycles. The van der Waals surface area contributed by atoms with Crippen LogP contribution in [-0.4, -0.2) is 78.2 Å². The second-order valence-corrected chi connectivity index (χ2v) is 14.2. The molecule has 0 aromatic rings. The van der Waals surface area contributed by atoms with Gasteiger partial charge in [0.1, 0.15) is 0 Å². The van der Waals surface area contributed by atoms with Gasteiger partial charge in [-0.05, 0) is 90.1 Å². The number of hydrogen-bond acceptors (Lipinski definition) is 6. The van der Waals surface area contributed by atoms with Gasteiger partial charge in [0.05, 0.1) is 18.9 Å². The first-order valence-electron chi connectivity index (χ1n) is 20.9. The SMILES string of the molecule is CCCCC/C=C\C/C=C/CCCCCCCCN(CC(O)CN)CN(CCCCCCCC/C=C/C/C=C\CCCCC)CC(O)CN. The van der Waals surface area contributed by atoms with Crippen molar-refractivity contribution in [3.63, 3.8) is 0 Å². The maximum Gasteiger partial charge on any atom is 0.0789 e. The molecule has 0 aliphatic rings. The van der Waals surface area contributed by atoms with E-state index in [1.807, 2.05) is 0 Å². The highest BCUT2D eigenvalue weighted by Crippen LogP contribution is 2.12. The van der Waals surface area contributed by atoms with Gasteiger partial charge in [-0.3, -0.25) is 9.80 Å². The van der Waals surface area contributed by atoms with Crippen molar-refractivity contribution in [2.45, 2.75) is 180 Å². The Kier molecular flexibility index (Phi) is 38.5. The predicted octanol–water partition coefficient (Wildman–Crippen LogP) is 9.81. The second-order valence-electron chi connectivity index (χ2n) is 14.2. The fourth-order valence-electron chi connectivity index (χ4n) is 6.11. The summed E-state index contributed by atoms with van der Waals surface area (Å²) in [5, 5.41) is 20.7. The van der Waals surface area contributed by atoms with Crippen molar-refractivity contribution in [3.05, 3.63) is 48.6 Å². The van der Waals surface area contributed by atoms with Gasteiger partial charge in [0, 0.05) is 26.2 Å². The zero-order valence-electron chi connectivity index (χ0n) is 32.6. The first kappa shape index (κ1) is 47.7. The number of hydrogen-bond donors (Lipinski definition) is 4. The number of nitrogens with zero attached hydrogens (tertiary/aromatic N) is 2. The average molecular weight is 689 g/mol. The van der Waals surface area contributed by atoms with Gasteiger partial charge in [0.25, 0.3) is 0 Å². The zero-order chi connectivity index (χ0) is 35.9. The van der Waals surface area contributed by atoms with Crippen LogP contribution < -0.4 is 11.5 Å². The lowest BCUT2D eigenvalue weighted by atomic mass is 10.1. The summed E-state index contributed by atoms with van der Waals surface area (Å²) < 4.78 is 0. The number of nitrogens with two attached hydrogens (primary N) is 2. The molecule has 0 amide bonds. The normalized spacial score (nSPS) is 13.9. The molecule has 0 aliphatic heterocycles. The van der Waals surface area contributed by atoms with Crippen molar-refractivity contribution < 1.29 is 10.2 Å². The van der Waals surface area contributed by atoms with Gasteiger partial charge < -0.3 is 21.7 Å². The molecule has 49 heavy (non-hydrogen) atoms. The minimum atomic E-state index is -0.521. The molecule has 0 spiro atoms. The average Bonchev–Trinajstić information content (AvgIpc) is 3.10. The molecule has 0 heterocycles. The van der Waals surface area contributed by atoms with Gasteiger partial charge in [-0.1, -0.05) is 140 Å². The molecule has 0 aliphatic carbocycles. The maximum absolute atomic E-state index is 10.4. The van der Waals surface area contributed by atoms with Crippen molar-refractivity contribution >= 4 is 0 Å². The molecule has 0 radical (unpaired) electrons. The lowest BCUT2D eigenvalue weighted by Crippen LogP contribution is -2.47. The fourth-order valence-corrected chi connectivity index (χ4v) is 6.11. The van der Waals surface area contributed by atoms with E-state index in [9.17, 15) is 10.2 Å². The van der Waals surface area contributed by atoms with E-state index >= 15 is 0 Å². The van der Waals surface area contributed by atoms with Crippen LogP contribution in [0.3, 0.4) is 0 Å². The summed E-state index contributed by atoms with van der Waals surface area (Å²) in [7, 11) is 0. The molecule has 288 valence electrons. The van der Waals surface area contributed by atoms with Crippen LogP contribution in [0.5, 0.6) is 0 Å². The van der Waals surface area contributed by atoms with Gasteiger partial charge >= 0.3 is 0 Å². The number of aliphatic hydroxyl groups excluding tert-OH is 2. The van der Waals surface area contributed by atoms with Crippen LogP contribution in [0.25, 0.3) is 0 Å². The van der Waals surface area contributed by atoms with Crippen molar-refractivity contribution in [2.75, 3.05) is 45.9 Å². The number of allylic oxidation sites excluding steroid dienone is 8. The molecule has 0 bridgehead atoms. The van der Waals surface area contributed by atoms with Gasteiger partial charge in [-0.2, -0.15) is 0 Å². The third-order valence-electron chi connectivity index (χ3n) is 9.23. The van der Waals surface area contributed by atoms with Crippen LogP contribution in [0.1, 0.15) is 168 Å². The van der Waals surface area contributed by atoms with Crippen LogP contribution in [0, 0.1) is 0 Å². The highest BCUT2D eigenvalue weighted by atomic mass is 16.3. The zero-order valence-corrected chi connectivity index (χ0v) is 32.6. The van der Waals surface area contributed by atoms with Crippen molar-refractivity contribution in [1.29, 1.82) is 0 Å². The summed E-state index contributed by atoms with van der Waals surface area (Å²) in [5.74, 6) is 0. The Hall–Kier alpha value is -1.28. The topological polar surface area (TPSA) is 99.0 Å². The summed E-state index contributed by atoms with van der Waals surface area (Å²) in [6, 6.07) is 0. The predicted molar refractivity (Wildman–Crippen MR) is 217 cm³/mol. The summed E-state index contributed by atoms with van der Waals surface area (Å²) in [4.78, 5) is 4.67. The lowest BCUT2D eigenvalue weighted by Gasteiger charge is -2.33. The van der Waals surface area contributed by atoms with E-state index in [-0.39, 0.29) is 13.1 Å². The maximum atomic E-state index is 10.4. The number of unbranched alkanes of at least 4 members (excludes halogenated alkanes) is 18. The Balaban J connectivity index is 4.25. The molecular weight excluding hydrogens is 604 g/mol.